The van der Waals surface area contributed by atoms with Crippen molar-refractivity contribution in [1.82, 2.24) is 0 Å². The van der Waals surface area contributed by atoms with Crippen molar-refractivity contribution in [3.63, 3.8) is 0 Å². The van der Waals surface area contributed by atoms with Gasteiger partial charge in [0.2, 0.25) is 0 Å². The zero-order valence-electron chi connectivity index (χ0n) is 24.5. The minimum absolute atomic E-state index is 0.118. The molecule has 8 N–H and O–H groups in total. The third kappa shape index (κ3) is 6.30. The lowest BCUT2D eigenvalue weighted by atomic mass is 9.85. The lowest BCUT2D eigenvalue weighted by Gasteiger charge is -2.37. The first-order valence-corrected chi connectivity index (χ1v) is 15.1. The van der Waals surface area contributed by atoms with Crippen LogP contribution in [0.2, 0.25) is 0 Å². The average molecular weight is 609 g/mol. The van der Waals surface area contributed by atoms with Gasteiger partial charge in [-0.25, -0.2) is 0 Å². The molecular weight excluding hydrogens is 568 g/mol. The standard InChI is InChI=1S/C34H40O10/c1-2-3-4-13-34(42)24-14-19(7-11-27-30(38)26(37)16-21(17-35)43-27)5-9-22(24)23-10-6-20(15-25(23)34)8-12-28-31(39)33(41)32(40)29(18-36)44-28/h5-6,9-10,14-15,21,26-33,35-42H,2-4,13,16-18H2,1H3/t21-,26-,27+,28+,29+,30-,31+,32+,33+,34?/m0/s1. The van der Waals surface area contributed by atoms with Gasteiger partial charge in [0.1, 0.15) is 48.3 Å². The molecule has 0 radical (unpaired) electrons. The Morgan fingerprint density at radius 2 is 1.34 bits per heavy atom. The molecule has 2 heterocycles. The first-order chi connectivity index (χ1) is 21.1. The van der Waals surface area contributed by atoms with Crippen LogP contribution in [0.15, 0.2) is 36.4 Å². The Balaban J connectivity index is 1.46. The first kappa shape index (κ1) is 32.6. The molecule has 2 saturated heterocycles. The molecule has 10 heteroatoms. The summed E-state index contributed by atoms with van der Waals surface area (Å²) >= 11 is 0. The van der Waals surface area contributed by atoms with E-state index in [0.717, 1.165) is 30.4 Å². The number of benzene rings is 2. The molecule has 0 aromatic heterocycles. The largest absolute Gasteiger partial charge is 0.394 e. The Hall–Kier alpha value is -2.84. The zero-order chi connectivity index (χ0) is 31.6. The molecule has 2 fully saturated rings. The van der Waals surface area contributed by atoms with Gasteiger partial charge in [0.05, 0.1) is 25.4 Å². The number of aliphatic hydroxyl groups excluding tert-OH is 7. The normalized spacial score (nSPS) is 34.2. The van der Waals surface area contributed by atoms with Crippen molar-refractivity contribution in [1.29, 1.82) is 0 Å². The van der Waals surface area contributed by atoms with E-state index in [1.807, 2.05) is 24.3 Å². The van der Waals surface area contributed by atoms with Gasteiger partial charge >= 0.3 is 0 Å². The summed E-state index contributed by atoms with van der Waals surface area (Å²) < 4.78 is 11.2. The van der Waals surface area contributed by atoms with E-state index in [1.165, 1.54) is 0 Å². The van der Waals surface area contributed by atoms with E-state index in [4.69, 9.17) is 9.47 Å². The van der Waals surface area contributed by atoms with Crippen LogP contribution in [-0.4, -0.2) is 109 Å². The van der Waals surface area contributed by atoms with Crippen molar-refractivity contribution in [2.75, 3.05) is 13.2 Å². The molecule has 2 aliphatic heterocycles. The van der Waals surface area contributed by atoms with E-state index in [-0.39, 0.29) is 13.0 Å². The number of aliphatic hydroxyl groups is 8. The lowest BCUT2D eigenvalue weighted by molar-refractivity contribution is -0.214. The van der Waals surface area contributed by atoms with Crippen LogP contribution >= 0.6 is 0 Å². The van der Waals surface area contributed by atoms with Crippen LogP contribution in [0, 0.1) is 23.7 Å². The van der Waals surface area contributed by atoms with E-state index in [0.29, 0.717) is 28.7 Å². The van der Waals surface area contributed by atoms with Gasteiger partial charge in [-0.2, -0.15) is 0 Å². The van der Waals surface area contributed by atoms with Crippen LogP contribution in [0.1, 0.15) is 61.3 Å². The summed E-state index contributed by atoms with van der Waals surface area (Å²) in [6.07, 6.45) is -7.29. The SMILES string of the molecule is CCCCCC1(O)c2cc(C#C[C@H]3O[C@H](CO)[C@@H](O)[C@H](O)[C@@H]3O)ccc2-c2ccc(C#C[C@H]3O[C@H](CO)C[C@H](O)[C@@H]3O)cc21. The van der Waals surface area contributed by atoms with Gasteiger partial charge in [-0.3, -0.25) is 0 Å². The second kappa shape index (κ2) is 13.7. The summed E-state index contributed by atoms with van der Waals surface area (Å²) in [5.74, 6) is 11.6. The Morgan fingerprint density at radius 1 is 0.750 bits per heavy atom. The number of ether oxygens (including phenoxy) is 2. The van der Waals surface area contributed by atoms with Gasteiger partial charge in [-0.05, 0) is 59.4 Å². The molecule has 0 amide bonds. The number of hydrogen-bond acceptors (Lipinski definition) is 10. The predicted octanol–water partition coefficient (Wildman–Crippen LogP) is -0.0998. The summed E-state index contributed by atoms with van der Waals surface area (Å²) in [7, 11) is 0. The summed E-state index contributed by atoms with van der Waals surface area (Å²) in [4.78, 5) is 0. The molecule has 3 aliphatic rings. The molecule has 2 aromatic carbocycles. The van der Waals surface area contributed by atoms with Crippen molar-refractivity contribution in [3.05, 3.63) is 58.7 Å². The molecule has 5 rings (SSSR count). The number of rotatable bonds is 6. The third-order valence-electron chi connectivity index (χ3n) is 8.72. The number of unbranched alkanes of at least 4 members (excludes halogenated alkanes) is 2. The Labute approximate surface area is 256 Å². The Bertz CT molecular complexity index is 1450. The average Bonchev–Trinajstić information content (AvgIpc) is 3.27. The van der Waals surface area contributed by atoms with E-state index in [2.05, 4.69) is 30.6 Å². The monoisotopic (exact) mass is 608 g/mol. The third-order valence-corrected chi connectivity index (χ3v) is 8.72. The molecule has 44 heavy (non-hydrogen) atoms. The molecule has 10 nitrogen and oxygen atoms in total. The topological polar surface area (TPSA) is 180 Å². The maximum atomic E-state index is 12.2. The molecule has 0 saturated carbocycles. The number of hydrogen-bond donors (Lipinski definition) is 8. The highest BCUT2D eigenvalue weighted by Crippen LogP contribution is 2.50. The van der Waals surface area contributed by atoms with Gasteiger partial charge in [-0.1, -0.05) is 55.6 Å². The summed E-state index contributed by atoms with van der Waals surface area (Å²) in [5.41, 5.74) is 2.85. The van der Waals surface area contributed by atoms with E-state index in [9.17, 15) is 40.9 Å². The molecule has 0 spiro atoms. The highest BCUT2D eigenvalue weighted by atomic mass is 16.5. The van der Waals surface area contributed by atoms with Gasteiger partial charge < -0.3 is 50.3 Å². The van der Waals surface area contributed by atoms with Crippen LogP contribution in [0.4, 0.5) is 0 Å². The first-order valence-electron chi connectivity index (χ1n) is 15.1. The van der Waals surface area contributed by atoms with Crippen LogP contribution < -0.4 is 0 Å². The van der Waals surface area contributed by atoms with Crippen LogP contribution in [0.5, 0.6) is 0 Å². The van der Waals surface area contributed by atoms with Crippen LogP contribution in [-0.2, 0) is 15.1 Å². The quantitative estimate of drug-likeness (QED) is 0.163. The van der Waals surface area contributed by atoms with Gasteiger partial charge in [-0.15, -0.1) is 0 Å². The van der Waals surface area contributed by atoms with E-state index >= 15 is 0 Å². The van der Waals surface area contributed by atoms with E-state index in [1.54, 1.807) is 12.1 Å². The minimum atomic E-state index is -1.52. The Morgan fingerprint density at radius 3 is 1.89 bits per heavy atom. The molecule has 1 unspecified atom stereocenters. The van der Waals surface area contributed by atoms with Crippen molar-refractivity contribution in [3.8, 4) is 34.8 Å². The fraction of sp³-hybridized carbons (Fsp3) is 0.529. The fourth-order valence-electron chi connectivity index (χ4n) is 6.16. The Kier molecular flexibility index (Phi) is 10.1. The van der Waals surface area contributed by atoms with E-state index < -0.39 is 67.1 Å². The highest BCUT2D eigenvalue weighted by Gasteiger charge is 2.43. The predicted molar refractivity (Wildman–Crippen MR) is 159 cm³/mol. The second-order valence-electron chi connectivity index (χ2n) is 11.8. The minimum Gasteiger partial charge on any atom is -0.394 e. The van der Waals surface area contributed by atoms with Crippen molar-refractivity contribution < 1.29 is 50.3 Å². The molecular formula is C34H40O10. The van der Waals surface area contributed by atoms with Crippen molar-refractivity contribution in [2.45, 2.75) is 99.6 Å². The highest BCUT2D eigenvalue weighted by molar-refractivity contribution is 5.81. The molecule has 0 bridgehead atoms. The molecule has 236 valence electrons. The zero-order valence-corrected chi connectivity index (χ0v) is 24.5. The maximum Gasteiger partial charge on any atom is 0.147 e. The second-order valence-corrected chi connectivity index (χ2v) is 11.8. The summed E-state index contributed by atoms with van der Waals surface area (Å²) in [5, 5.41) is 82.2. The van der Waals surface area contributed by atoms with Crippen LogP contribution in [0.3, 0.4) is 0 Å². The van der Waals surface area contributed by atoms with Gasteiger partial charge in [0, 0.05) is 17.5 Å². The smallest absolute Gasteiger partial charge is 0.147 e. The fourth-order valence-corrected chi connectivity index (χ4v) is 6.16. The summed E-state index contributed by atoms with van der Waals surface area (Å²) in [6.45, 7) is 1.25. The maximum absolute atomic E-state index is 12.2. The van der Waals surface area contributed by atoms with Crippen molar-refractivity contribution >= 4 is 0 Å². The molecule has 10 atom stereocenters. The lowest BCUT2D eigenvalue weighted by Crippen LogP contribution is -2.58. The van der Waals surface area contributed by atoms with Gasteiger partial charge in [0.25, 0.3) is 0 Å². The molecule has 1 aliphatic carbocycles. The van der Waals surface area contributed by atoms with Gasteiger partial charge in [0.15, 0.2) is 0 Å². The summed E-state index contributed by atoms with van der Waals surface area (Å²) in [6, 6.07) is 11.0. The van der Waals surface area contributed by atoms with Crippen molar-refractivity contribution in [2.24, 2.45) is 0 Å². The van der Waals surface area contributed by atoms with Crippen LogP contribution in [0.25, 0.3) is 11.1 Å². The molecule has 2 aromatic rings. The number of fused-ring (bicyclic) bond motifs is 3.